The standard InChI is InChI=1S/C43H68N8O9/c1-24(2)21-29(40(57)51-20-14-18-32(51)42(59)60-43(7,8)9)48-39(56)35(26(5)6)49-36(53)28(22-27-15-11-10-12-16-27)46-37(54)31-17-13-19-50(31)41(58)30(23-33(44)52)47-38(55)34(45)25(3)4/h10-12,15-16,24-26,28-32,34-35H,13-14,17-23,45H2,1-9H3,(H2,44,52)(H,46,54)(H,47,55)(H,48,56)(H,49,53)/t28-,29-,30-,31-,32-,34-,35-/m0/s1. The van der Waals surface area contributed by atoms with Crippen LogP contribution in [0.25, 0.3) is 0 Å². The van der Waals surface area contributed by atoms with Gasteiger partial charge in [0.1, 0.15) is 41.9 Å². The van der Waals surface area contributed by atoms with E-state index in [9.17, 15) is 38.4 Å². The highest BCUT2D eigenvalue weighted by Crippen LogP contribution is 2.24. The fourth-order valence-corrected chi connectivity index (χ4v) is 7.39. The van der Waals surface area contributed by atoms with Crippen molar-refractivity contribution in [3.05, 3.63) is 35.9 Å². The average molecular weight is 841 g/mol. The van der Waals surface area contributed by atoms with Gasteiger partial charge in [0.05, 0.1) is 12.5 Å². The second-order valence-corrected chi connectivity index (χ2v) is 18.1. The molecular formula is C43H68N8O9. The summed E-state index contributed by atoms with van der Waals surface area (Å²) in [5.74, 6) is -5.73. The number of likely N-dealkylation sites (tertiary alicyclic amines) is 2. The van der Waals surface area contributed by atoms with Crippen molar-refractivity contribution in [2.75, 3.05) is 13.1 Å². The van der Waals surface area contributed by atoms with Gasteiger partial charge in [-0.05, 0) is 76.2 Å². The molecule has 1 aromatic carbocycles. The van der Waals surface area contributed by atoms with E-state index in [1.165, 1.54) is 9.80 Å². The van der Waals surface area contributed by atoms with Gasteiger partial charge in [-0.15, -0.1) is 0 Å². The number of esters is 1. The molecular weight excluding hydrogens is 773 g/mol. The van der Waals surface area contributed by atoms with Crippen molar-refractivity contribution in [1.29, 1.82) is 0 Å². The molecule has 7 amide bonds. The van der Waals surface area contributed by atoms with E-state index >= 15 is 0 Å². The Labute approximate surface area is 354 Å². The zero-order chi connectivity index (χ0) is 45.1. The number of hydrogen-bond donors (Lipinski definition) is 6. The Morgan fingerprint density at radius 1 is 0.717 bits per heavy atom. The van der Waals surface area contributed by atoms with Gasteiger partial charge < -0.3 is 47.3 Å². The van der Waals surface area contributed by atoms with Crippen LogP contribution in [0.3, 0.4) is 0 Å². The van der Waals surface area contributed by atoms with Gasteiger partial charge >= 0.3 is 5.97 Å². The molecule has 2 aliphatic heterocycles. The summed E-state index contributed by atoms with van der Waals surface area (Å²) < 4.78 is 5.60. The molecule has 0 radical (unpaired) electrons. The van der Waals surface area contributed by atoms with Crippen LogP contribution in [0.4, 0.5) is 0 Å². The minimum atomic E-state index is -1.36. The molecule has 334 valence electrons. The summed E-state index contributed by atoms with van der Waals surface area (Å²) in [4.78, 5) is 111. The Kier molecular flexibility index (Phi) is 18.1. The quantitative estimate of drug-likeness (QED) is 0.108. The number of ether oxygens (including phenoxy) is 1. The summed E-state index contributed by atoms with van der Waals surface area (Å²) in [7, 11) is 0. The summed E-state index contributed by atoms with van der Waals surface area (Å²) >= 11 is 0. The number of nitrogens with two attached hydrogens (primary N) is 2. The zero-order valence-corrected chi connectivity index (χ0v) is 36.7. The van der Waals surface area contributed by atoms with Crippen LogP contribution in [0, 0.1) is 17.8 Å². The first-order valence-electron chi connectivity index (χ1n) is 21.1. The predicted octanol–water partition coefficient (Wildman–Crippen LogP) is 1.05. The lowest BCUT2D eigenvalue weighted by Gasteiger charge is -2.32. The van der Waals surface area contributed by atoms with Gasteiger partial charge in [-0.3, -0.25) is 33.6 Å². The number of rotatable bonds is 19. The molecule has 0 saturated carbocycles. The number of amides is 7. The second kappa shape index (κ2) is 22.0. The maximum absolute atomic E-state index is 14.2. The van der Waals surface area contributed by atoms with E-state index in [1.807, 2.05) is 13.8 Å². The molecule has 2 heterocycles. The molecule has 2 aliphatic rings. The molecule has 2 saturated heterocycles. The maximum Gasteiger partial charge on any atom is 0.329 e. The van der Waals surface area contributed by atoms with Crippen molar-refractivity contribution < 1.29 is 43.1 Å². The minimum Gasteiger partial charge on any atom is -0.458 e. The number of nitrogens with zero attached hydrogens (tertiary/aromatic N) is 2. The van der Waals surface area contributed by atoms with Crippen LogP contribution >= 0.6 is 0 Å². The zero-order valence-electron chi connectivity index (χ0n) is 36.7. The van der Waals surface area contributed by atoms with E-state index in [4.69, 9.17) is 16.2 Å². The van der Waals surface area contributed by atoms with Crippen LogP contribution in [0.15, 0.2) is 30.3 Å². The first kappa shape index (κ1) is 49.3. The molecule has 0 spiro atoms. The highest BCUT2D eigenvalue weighted by molar-refractivity contribution is 5.98. The Morgan fingerprint density at radius 2 is 1.27 bits per heavy atom. The van der Waals surface area contributed by atoms with Gasteiger partial charge in [0, 0.05) is 19.5 Å². The number of nitrogens with one attached hydrogen (secondary N) is 4. The van der Waals surface area contributed by atoms with Gasteiger partial charge in [-0.2, -0.15) is 0 Å². The van der Waals surface area contributed by atoms with E-state index in [-0.39, 0.29) is 37.6 Å². The summed E-state index contributed by atoms with van der Waals surface area (Å²) in [6, 6.07) is 1.48. The third kappa shape index (κ3) is 14.3. The molecule has 0 aliphatic carbocycles. The lowest BCUT2D eigenvalue weighted by atomic mass is 9.98. The molecule has 7 atom stereocenters. The smallest absolute Gasteiger partial charge is 0.329 e. The summed E-state index contributed by atoms with van der Waals surface area (Å²) in [5, 5.41) is 11.0. The number of carbonyl (C=O) groups excluding carboxylic acids is 8. The monoisotopic (exact) mass is 841 g/mol. The molecule has 3 rings (SSSR count). The molecule has 17 nitrogen and oxygen atoms in total. The van der Waals surface area contributed by atoms with Crippen molar-refractivity contribution in [3.8, 4) is 0 Å². The van der Waals surface area contributed by atoms with Crippen LogP contribution in [-0.4, -0.2) is 118 Å². The van der Waals surface area contributed by atoms with Gasteiger partial charge in [-0.25, -0.2) is 4.79 Å². The Hall–Kier alpha value is -5.06. The molecule has 8 N–H and O–H groups in total. The fourth-order valence-electron chi connectivity index (χ4n) is 7.39. The number of primary amides is 1. The average Bonchev–Trinajstić information content (AvgIpc) is 3.85. The van der Waals surface area contributed by atoms with E-state index in [0.29, 0.717) is 31.4 Å². The third-order valence-corrected chi connectivity index (χ3v) is 10.6. The first-order valence-corrected chi connectivity index (χ1v) is 21.1. The van der Waals surface area contributed by atoms with Crippen LogP contribution in [0.5, 0.6) is 0 Å². The van der Waals surface area contributed by atoms with Crippen LogP contribution in [-0.2, 0) is 49.5 Å². The second-order valence-electron chi connectivity index (χ2n) is 18.1. The van der Waals surface area contributed by atoms with E-state index in [0.717, 1.165) is 0 Å². The van der Waals surface area contributed by atoms with Crippen molar-refractivity contribution >= 4 is 47.3 Å². The summed E-state index contributed by atoms with van der Waals surface area (Å²) in [6.07, 6.45) is 1.52. The van der Waals surface area contributed by atoms with E-state index < -0.39 is 108 Å². The molecule has 60 heavy (non-hydrogen) atoms. The topological polar surface area (TPSA) is 252 Å². The van der Waals surface area contributed by atoms with Gasteiger partial charge in [0.15, 0.2) is 0 Å². The van der Waals surface area contributed by atoms with Crippen LogP contribution in [0.2, 0.25) is 0 Å². The Bertz CT molecular complexity index is 1700. The number of hydrogen-bond acceptors (Lipinski definition) is 10. The molecule has 2 fully saturated rings. The number of carbonyl (C=O) groups is 8. The van der Waals surface area contributed by atoms with E-state index in [1.54, 1.807) is 78.8 Å². The van der Waals surface area contributed by atoms with Crippen LogP contribution in [0.1, 0.15) is 106 Å². The molecule has 0 unspecified atom stereocenters. The van der Waals surface area contributed by atoms with Crippen molar-refractivity contribution in [3.63, 3.8) is 0 Å². The highest BCUT2D eigenvalue weighted by Gasteiger charge is 2.42. The highest BCUT2D eigenvalue weighted by atomic mass is 16.6. The Morgan fingerprint density at radius 3 is 1.80 bits per heavy atom. The fraction of sp³-hybridized carbons (Fsp3) is 0.674. The van der Waals surface area contributed by atoms with Gasteiger partial charge in [0.2, 0.25) is 41.4 Å². The largest absolute Gasteiger partial charge is 0.458 e. The summed E-state index contributed by atoms with van der Waals surface area (Å²) in [5.41, 5.74) is 11.4. The van der Waals surface area contributed by atoms with Gasteiger partial charge in [0.25, 0.3) is 0 Å². The lowest BCUT2D eigenvalue weighted by molar-refractivity contribution is -0.163. The first-order chi connectivity index (χ1) is 28.0. The van der Waals surface area contributed by atoms with Crippen molar-refractivity contribution in [2.45, 2.75) is 155 Å². The van der Waals surface area contributed by atoms with Crippen molar-refractivity contribution in [2.24, 2.45) is 29.2 Å². The Balaban J connectivity index is 1.84. The predicted molar refractivity (Wildman–Crippen MR) is 224 cm³/mol. The third-order valence-electron chi connectivity index (χ3n) is 10.6. The molecule has 1 aromatic rings. The minimum absolute atomic E-state index is 0.0126. The lowest BCUT2D eigenvalue weighted by Crippen LogP contribution is -2.61. The SMILES string of the molecule is CC(C)C[C@H](NC(=O)[C@@H](NC(=O)[C@H](Cc1ccccc1)NC(=O)[C@@H]1CCCN1C(=O)[C@H](CC(N)=O)NC(=O)[C@@H](N)C(C)C)C(C)C)C(=O)N1CCC[C@H]1C(=O)OC(C)(C)C. The maximum atomic E-state index is 14.2. The molecule has 17 heteroatoms. The molecule has 0 bridgehead atoms. The normalized spacial score (nSPS) is 19.3. The van der Waals surface area contributed by atoms with Gasteiger partial charge in [-0.1, -0.05) is 71.9 Å². The number of benzene rings is 1. The van der Waals surface area contributed by atoms with Crippen molar-refractivity contribution in [1.82, 2.24) is 31.1 Å². The van der Waals surface area contributed by atoms with Crippen LogP contribution < -0.4 is 32.7 Å². The molecule has 0 aromatic heterocycles. The van der Waals surface area contributed by atoms with E-state index in [2.05, 4.69) is 21.3 Å². The summed E-state index contributed by atoms with van der Waals surface area (Å²) in [6.45, 7) is 16.5.